The van der Waals surface area contributed by atoms with E-state index in [4.69, 9.17) is 4.74 Å². The molecule has 0 saturated carbocycles. The summed E-state index contributed by atoms with van der Waals surface area (Å²) in [7, 11) is 0. The molecule has 0 spiro atoms. The molecule has 1 heterocycles. The van der Waals surface area contributed by atoms with E-state index in [0.717, 1.165) is 19.4 Å². The van der Waals surface area contributed by atoms with Crippen LogP contribution in [0.3, 0.4) is 0 Å². The highest BCUT2D eigenvalue weighted by Gasteiger charge is 2.31. The summed E-state index contributed by atoms with van der Waals surface area (Å²) in [5.74, 6) is 0. The van der Waals surface area contributed by atoms with Crippen LogP contribution in [0.1, 0.15) is 31.4 Å². The van der Waals surface area contributed by atoms with Gasteiger partial charge in [0.15, 0.2) is 0 Å². The quantitative estimate of drug-likeness (QED) is 0.856. The van der Waals surface area contributed by atoms with E-state index in [1.807, 2.05) is 31.2 Å². The van der Waals surface area contributed by atoms with Crippen molar-refractivity contribution in [2.45, 2.75) is 25.9 Å². The summed E-state index contributed by atoms with van der Waals surface area (Å²) < 4.78 is 6.04. The molecule has 3 heteroatoms. The van der Waals surface area contributed by atoms with E-state index in [-0.39, 0.29) is 11.5 Å². The zero-order valence-corrected chi connectivity index (χ0v) is 12.3. The highest BCUT2D eigenvalue weighted by Crippen LogP contribution is 2.41. The van der Waals surface area contributed by atoms with Crippen molar-refractivity contribution in [3.8, 4) is 6.07 Å². The van der Waals surface area contributed by atoms with Crippen molar-refractivity contribution in [2.75, 3.05) is 13.3 Å². The summed E-state index contributed by atoms with van der Waals surface area (Å²) in [4.78, 5) is 0. The monoisotopic (exact) mass is 280 g/mol. The third-order valence-electron chi connectivity index (χ3n) is 4.22. The first-order valence-corrected chi connectivity index (χ1v) is 7.41. The molecule has 0 fully saturated rings. The lowest BCUT2D eigenvalue weighted by atomic mass is 9.76. The van der Waals surface area contributed by atoms with Gasteiger partial charge >= 0.3 is 0 Å². The molecule has 2 atom stereocenters. The Balaban J connectivity index is 2.00. The molecule has 21 heavy (non-hydrogen) atoms. The number of allylic oxidation sites excluding steroid dienone is 1. The van der Waals surface area contributed by atoms with Crippen molar-refractivity contribution in [2.24, 2.45) is 5.41 Å². The van der Waals surface area contributed by atoms with Crippen LogP contribution in [0.4, 0.5) is 0 Å². The van der Waals surface area contributed by atoms with Crippen LogP contribution in [-0.4, -0.2) is 13.3 Å². The molecule has 0 saturated heterocycles. The van der Waals surface area contributed by atoms with Crippen molar-refractivity contribution in [1.29, 1.82) is 5.26 Å². The van der Waals surface area contributed by atoms with Gasteiger partial charge in [0, 0.05) is 6.54 Å². The molecule has 1 N–H and O–H groups in total. The summed E-state index contributed by atoms with van der Waals surface area (Å²) >= 11 is 0. The Morgan fingerprint density at radius 1 is 1.33 bits per heavy atom. The first kappa shape index (κ1) is 14.1. The van der Waals surface area contributed by atoms with Gasteiger partial charge in [0.1, 0.15) is 6.10 Å². The van der Waals surface area contributed by atoms with E-state index >= 15 is 0 Å². The molecular weight excluding hydrogens is 260 g/mol. The predicted molar refractivity (Wildman–Crippen MR) is 82.3 cm³/mol. The zero-order chi connectivity index (χ0) is 14.7. The van der Waals surface area contributed by atoms with Crippen molar-refractivity contribution >= 4 is 0 Å². The lowest BCUT2D eigenvalue weighted by Crippen LogP contribution is -2.28. The van der Waals surface area contributed by atoms with Gasteiger partial charge in [0.25, 0.3) is 0 Å². The zero-order valence-electron chi connectivity index (χ0n) is 12.3. The van der Waals surface area contributed by atoms with Gasteiger partial charge in [-0.1, -0.05) is 48.1 Å². The molecule has 1 aromatic carbocycles. The minimum Gasteiger partial charge on any atom is -0.354 e. The first-order valence-electron chi connectivity index (χ1n) is 7.41. The molecule has 2 unspecified atom stereocenters. The summed E-state index contributed by atoms with van der Waals surface area (Å²) in [6.45, 7) is 3.45. The van der Waals surface area contributed by atoms with E-state index in [0.29, 0.717) is 6.73 Å². The molecule has 0 radical (unpaired) electrons. The standard InChI is InChI=1S/C18H20N2O/c1-18(12-19)9-7-16-15(11-18)8-10-20-13-21-17(16)14-5-3-2-4-6-14/h2-7,9,17,20H,8,10-11,13H2,1H3. The Morgan fingerprint density at radius 2 is 2.14 bits per heavy atom. The SMILES string of the molecule is CC1(C#N)C=CC2=C(CCNCOC2c2ccccc2)C1. The number of hydrogen-bond donors (Lipinski definition) is 1. The highest BCUT2D eigenvalue weighted by molar-refractivity contribution is 5.42. The van der Waals surface area contributed by atoms with Crippen LogP contribution in [0, 0.1) is 16.7 Å². The van der Waals surface area contributed by atoms with Crippen LogP contribution in [-0.2, 0) is 4.74 Å². The van der Waals surface area contributed by atoms with Gasteiger partial charge in [0.2, 0.25) is 0 Å². The first-order chi connectivity index (χ1) is 10.2. The van der Waals surface area contributed by atoms with E-state index in [2.05, 4.69) is 29.6 Å². The average molecular weight is 280 g/mol. The summed E-state index contributed by atoms with van der Waals surface area (Å²) in [6.07, 6.45) is 5.85. The number of nitrogens with one attached hydrogen (secondary N) is 1. The summed E-state index contributed by atoms with van der Waals surface area (Å²) in [5, 5.41) is 12.7. The largest absolute Gasteiger partial charge is 0.354 e. The van der Waals surface area contributed by atoms with Gasteiger partial charge in [-0.3, -0.25) is 5.32 Å². The van der Waals surface area contributed by atoms with Crippen molar-refractivity contribution in [3.05, 3.63) is 59.2 Å². The van der Waals surface area contributed by atoms with E-state index in [9.17, 15) is 5.26 Å². The van der Waals surface area contributed by atoms with Crippen LogP contribution in [0.15, 0.2) is 53.6 Å². The van der Waals surface area contributed by atoms with Crippen LogP contribution >= 0.6 is 0 Å². The molecule has 1 aliphatic carbocycles. The average Bonchev–Trinajstić information content (AvgIpc) is 2.50. The predicted octanol–water partition coefficient (Wildman–Crippen LogP) is 3.48. The van der Waals surface area contributed by atoms with Gasteiger partial charge in [-0.2, -0.15) is 5.26 Å². The molecule has 3 rings (SSSR count). The maximum absolute atomic E-state index is 9.38. The second-order valence-corrected chi connectivity index (χ2v) is 5.95. The normalized spacial score (nSPS) is 29.2. The Morgan fingerprint density at radius 3 is 2.90 bits per heavy atom. The topological polar surface area (TPSA) is 45.0 Å². The van der Waals surface area contributed by atoms with Crippen LogP contribution < -0.4 is 5.32 Å². The van der Waals surface area contributed by atoms with Crippen molar-refractivity contribution in [3.63, 3.8) is 0 Å². The third kappa shape index (κ3) is 2.92. The van der Waals surface area contributed by atoms with Gasteiger partial charge in [0.05, 0.1) is 18.2 Å². The fraction of sp³-hybridized carbons (Fsp3) is 0.389. The molecule has 0 aromatic heterocycles. The smallest absolute Gasteiger partial charge is 0.109 e. The maximum atomic E-state index is 9.38. The molecule has 1 aromatic rings. The second-order valence-electron chi connectivity index (χ2n) is 5.95. The summed E-state index contributed by atoms with van der Waals surface area (Å²) in [5.41, 5.74) is 3.34. The van der Waals surface area contributed by atoms with Gasteiger partial charge in [-0.25, -0.2) is 0 Å². The van der Waals surface area contributed by atoms with E-state index < -0.39 is 0 Å². The van der Waals surface area contributed by atoms with Crippen LogP contribution in [0.5, 0.6) is 0 Å². The highest BCUT2D eigenvalue weighted by atomic mass is 16.5. The lowest BCUT2D eigenvalue weighted by Gasteiger charge is -2.32. The minimum absolute atomic E-state index is 0.0477. The Hall–Kier alpha value is -1.89. The Bertz CT molecular complexity index is 612. The maximum Gasteiger partial charge on any atom is 0.109 e. The van der Waals surface area contributed by atoms with Crippen LogP contribution in [0.25, 0.3) is 0 Å². The number of ether oxygens (including phenoxy) is 1. The van der Waals surface area contributed by atoms with Gasteiger partial charge in [-0.15, -0.1) is 0 Å². The van der Waals surface area contributed by atoms with E-state index in [1.165, 1.54) is 16.7 Å². The number of nitriles is 1. The summed E-state index contributed by atoms with van der Waals surface area (Å²) in [6, 6.07) is 12.7. The molecule has 108 valence electrons. The molecule has 1 aliphatic heterocycles. The van der Waals surface area contributed by atoms with Crippen molar-refractivity contribution in [1.82, 2.24) is 5.32 Å². The molecular formula is C18H20N2O. The fourth-order valence-electron chi connectivity index (χ4n) is 3.03. The minimum atomic E-state index is -0.390. The molecule has 0 bridgehead atoms. The Labute approximate surface area is 125 Å². The molecule has 2 aliphatic rings. The number of nitrogens with zero attached hydrogens (tertiary/aromatic N) is 1. The third-order valence-corrected chi connectivity index (χ3v) is 4.22. The van der Waals surface area contributed by atoms with E-state index in [1.54, 1.807) is 0 Å². The number of hydrogen-bond acceptors (Lipinski definition) is 3. The van der Waals surface area contributed by atoms with Gasteiger partial charge in [-0.05, 0) is 30.9 Å². The second kappa shape index (κ2) is 5.85. The molecule has 0 amide bonds. The number of benzene rings is 1. The number of rotatable bonds is 1. The van der Waals surface area contributed by atoms with Gasteiger partial charge < -0.3 is 4.74 Å². The van der Waals surface area contributed by atoms with Crippen molar-refractivity contribution < 1.29 is 4.74 Å². The fourth-order valence-corrected chi connectivity index (χ4v) is 3.03. The lowest BCUT2D eigenvalue weighted by molar-refractivity contribution is 0.0606. The molecule has 3 nitrogen and oxygen atoms in total. The Kier molecular flexibility index (Phi) is 3.92. The van der Waals surface area contributed by atoms with Crippen LogP contribution in [0.2, 0.25) is 0 Å².